The molecule has 3 N–H and O–H groups in total. The molecule has 0 amide bonds. The molecule has 1 aromatic rings. The first-order valence-electron chi connectivity index (χ1n) is 6.79. The zero-order valence-corrected chi connectivity index (χ0v) is 12.1. The van der Waals surface area contributed by atoms with Gasteiger partial charge < -0.3 is 5.11 Å². The van der Waals surface area contributed by atoms with E-state index in [4.69, 9.17) is 0 Å². The fourth-order valence-corrected chi connectivity index (χ4v) is 3.93. The molecule has 2 unspecified atom stereocenters. The normalized spacial score (nSPS) is 29.8. The average molecular weight is 298 g/mol. The van der Waals surface area contributed by atoms with E-state index in [0.29, 0.717) is 24.0 Å². The van der Waals surface area contributed by atoms with Crippen LogP contribution in [-0.2, 0) is 11.8 Å². The van der Waals surface area contributed by atoms with E-state index >= 15 is 0 Å². The highest BCUT2D eigenvalue weighted by atomic mass is 32.2. The van der Waals surface area contributed by atoms with Crippen LogP contribution in [0, 0.1) is 0 Å². The topological polar surface area (TPSA) is 100 Å². The summed E-state index contributed by atoms with van der Waals surface area (Å²) in [5.74, 6) is -0.761. The summed E-state index contributed by atoms with van der Waals surface area (Å²) in [5, 5.41) is 20.0. The van der Waals surface area contributed by atoms with Gasteiger partial charge in [-0.1, -0.05) is 11.8 Å². The smallest absolute Gasteiger partial charge is 0.343 e. The number of rotatable bonds is 5. The zero-order chi connectivity index (χ0) is 14.3. The fourth-order valence-electron chi connectivity index (χ4n) is 2.69. The van der Waals surface area contributed by atoms with Crippen LogP contribution in [0.4, 0.5) is 0 Å². The van der Waals surface area contributed by atoms with Gasteiger partial charge in [-0.05, 0) is 32.1 Å². The van der Waals surface area contributed by atoms with Crippen LogP contribution in [0.15, 0.2) is 9.95 Å². The first kappa shape index (κ1) is 13.7. The van der Waals surface area contributed by atoms with E-state index in [9.17, 15) is 14.7 Å². The molecular formula is C12H18N4O3S. The summed E-state index contributed by atoms with van der Waals surface area (Å²) in [4.78, 5) is 22.9. The second kappa shape index (κ2) is 4.92. The minimum absolute atomic E-state index is 0.172. The van der Waals surface area contributed by atoms with Crippen LogP contribution < -0.4 is 11.0 Å². The molecule has 110 valence electrons. The van der Waals surface area contributed by atoms with Gasteiger partial charge >= 0.3 is 11.7 Å². The molecule has 0 radical (unpaired) electrons. The first-order valence-corrected chi connectivity index (χ1v) is 7.67. The quantitative estimate of drug-likeness (QED) is 0.724. The number of carboxylic acids is 1. The lowest BCUT2D eigenvalue weighted by molar-refractivity contribution is -0.144. The standard InChI is InChI=1S/C12H18N4O3S/c1-16-10(19)14-15-11(16)20-8-4-5-12(6-8,9(17)18)13-7-2-3-7/h7-8,13H,2-6H2,1H3,(H,14,19)(H,17,18). The molecular weight excluding hydrogens is 280 g/mol. The Hall–Kier alpha value is -1.28. The van der Waals surface area contributed by atoms with Crippen molar-refractivity contribution in [3.63, 3.8) is 0 Å². The third-order valence-corrected chi connectivity index (χ3v) is 5.36. The number of nitrogens with zero attached hydrogens (tertiary/aromatic N) is 2. The van der Waals surface area contributed by atoms with Crippen LogP contribution >= 0.6 is 11.8 Å². The predicted octanol–water partition coefficient (Wildman–Crippen LogP) is 0.328. The van der Waals surface area contributed by atoms with Crippen LogP contribution in [0.1, 0.15) is 32.1 Å². The maximum Gasteiger partial charge on any atom is 0.343 e. The van der Waals surface area contributed by atoms with Crippen LogP contribution in [0.3, 0.4) is 0 Å². The number of thioether (sulfide) groups is 1. The maximum absolute atomic E-state index is 11.6. The molecule has 0 spiro atoms. The van der Waals surface area contributed by atoms with Gasteiger partial charge in [-0.2, -0.15) is 0 Å². The Kier molecular flexibility index (Phi) is 3.37. The number of hydrogen-bond acceptors (Lipinski definition) is 5. The molecule has 2 saturated carbocycles. The fraction of sp³-hybridized carbons (Fsp3) is 0.750. The number of aromatic nitrogens is 3. The Morgan fingerprint density at radius 3 is 2.85 bits per heavy atom. The molecule has 0 saturated heterocycles. The van der Waals surface area contributed by atoms with Gasteiger partial charge in [0, 0.05) is 18.3 Å². The van der Waals surface area contributed by atoms with Gasteiger partial charge in [0.15, 0.2) is 5.16 Å². The molecule has 0 bridgehead atoms. The third kappa shape index (κ3) is 2.49. The highest BCUT2D eigenvalue weighted by Crippen LogP contribution is 2.41. The third-order valence-electron chi connectivity index (χ3n) is 4.05. The van der Waals surface area contributed by atoms with Gasteiger partial charge in [0.05, 0.1) is 0 Å². The minimum atomic E-state index is -0.798. The molecule has 20 heavy (non-hydrogen) atoms. The first-order chi connectivity index (χ1) is 9.50. The SMILES string of the molecule is Cn1c(SC2CCC(NC3CC3)(C(=O)O)C2)n[nH]c1=O. The predicted molar refractivity (Wildman–Crippen MR) is 73.8 cm³/mol. The lowest BCUT2D eigenvalue weighted by atomic mass is 9.98. The Morgan fingerprint density at radius 1 is 1.55 bits per heavy atom. The molecule has 2 fully saturated rings. The van der Waals surface area contributed by atoms with E-state index < -0.39 is 11.5 Å². The van der Waals surface area contributed by atoms with Gasteiger partial charge in [-0.15, -0.1) is 5.10 Å². The van der Waals surface area contributed by atoms with Crippen molar-refractivity contribution in [3.8, 4) is 0 Å². The van der Waals surface area contributed by atoms with Crippen molar-refractivity contribution < 1.29 is 9.90 Å². The van der Waals surface area contributed by atoms with Crippen molar-refractivity contribution in [2.75, 3.05) is 0 Å². The highest BCUT2D eigenvalue weighted by Gasteiger charge is 2.48. The van der Waals surface area contributed by atoms with E-state index in [-0.39, 0.29) is 10.9 Å². The summed E-state index contributed by atoms with van der Waals surface area (Å²) in [5.41, 5.74) is -1.04. The van der Waals surface area contributed by atoms with Gasteiger partial charge in [-0.3, -0.25) is 14.7 Å². The number of carboxylic acid groups (broad SMARTS) is 1. The molecule has 7 nitrogen and oxygen atoms in total. The van der Waals surface area contributed by atoms with Crippen molar-refractivity contribution >= 4 is 17.7 Å². The molecule has 2 aliphatic carbocycles. The molecule has 2 aliphatic rings. The second-order valence-corrected chi connectivity index (χ2v) is 6.93. The van der Waals surface area contributed by atoms with Gasteiger partial charge in [-0.25, -0.2) is 9.89 Å². The van der Waals surface area contributed by atoms with Crippen LogP contribution in [0.2, 0.25) is 0 Å². The lowest BCUT2D eigenvalue weighted by Crippen LogP contribution is -2.51. The van der Waals surface area contributed by atoms with Crippen molar-refractivity contribution in [2.45, 2.75) is 54.1 Å². The Labute approximate surface area is 120 Å². The molecule has 2 atom stereocenters. The summed E-state index contributed by atoms with van der Waals surface area (Å²) in [6, 6.07) is 0.365. The summed E-state index contributed by atoms with van der Waals surface area (Å²) in [7, 11) is 1.66. The Morgan fingerprint density at radius 2 is 2.30 bits per heavy atom. The minimum Gasteiger partial charge on any atom is -0.480 e. The van der Waals surface area contributed by atoms with Crippen molar-refractivity contribution in [2.24, 2.45) is 7.05 Å². The van der Waals surface area contributed by atoms with Gasteiger partial charge in [0.1, 0.15) is 5.54 Å². The number of H-pyrrole nitrogens is 1. The van der Waals surface area contributed by atoms with E-state index in [0.717, 1.165) is 19.3 Å². The van der Waals surface area contributed by atoms with E-state index in [2.05, 4.69) is 15.5 Å². The molecule has 3 rings (SSSR count). The maximum atomic E-state index is 11.6. The summed E-state index contributed by atoms with van der Waals surface area (Å²) in [6.45, 7) is 0. The largest absolute Gasteiger partial charge is 0.480 e. The molecule has 0 aromatic carbocycles. The summed E-state index contributed by atoms with van der Waals surface area (Å²) < 4.78 is 1.46. The number of nitrogens with one attached hydrogen (secondary N) is 2. The Balaban J connectivity index is 1.69. The molecule has 1 aromatic heterocycles. The van der Waals surface area contributed by atoms with E-state index in [1.54, 1.807) is 7.05 Å². The summed E-state index contributed by atoms with van der Waals surface area (Å²) in [6.07, 6.45) is 4.17. The molecule has 8 heteroatoms. The number of carbonyl (C=O) groups is 1. The summed E-state index contributed by atoms with van der Waals surface area (Å²) >= 11 is 1.48. The Bertz CT molecular complexity index is 580. The second-order valence-electron chi connectivity index (χ2n) is 5.66. The number of aliphatic carboxylic acids is 1. The monoisotopic (exact) mass is 298 g/mol. The number of hydrogen-bond donors (Lipinski definition) is 3. The van der Waals surface area contributed by atoms with Crippen LogP contribution in [-0.4, -0.2) is 42.7 Å². The van der Waals surface area contributed by atoms with E-state index in [1.807, 2.05) is 0 Å². The van der Waals surface area contributed by atoms with Crippen molar-refractivity contribution in [1.82, 2.24) is 20.1 Å². The highest BCUT2D eigenvalue weighted by molar-refractivity contribution is 7.99. The van der Waals surface area contributed by atoms with Crippen molar-refractivity contribution in [3.05, 3.63) is 10.5 Å². The van der Waals surface area contributed by atoms with Gasteiger partial charge in [0.25, 0.3) is 0 Å². The van der Waals surface area contributed by atoms with E-state index in [1.165, 1.54) is 16.3 Å². The van der Waals surface area contributed by atoms with Crippen LogP contribution in [0.25, 0.3) is 0 Å². The number of aromatic amines is 1. The van der Waals surface area contributed by atoms with Gasteiger partial charge in [0.2, 0.25) is 0 Å². The van der Waals surface area contributed by atoms with Crippen LogP contribution in [0.5, 0.6) is 0 Å². The average Bonchev–Trinajstić information content (AvgIpc) is 3.04. The molecule has 1 heterocycles. The zero-order valence-electron chi connectivity index (χ0n) is 11.3. The molecule has 0 aliphatic heterocycles. The van der Waals surface area contributed by atoms with Crippen molar-refractivity contribution in [1.29, 1.82) is 0 Å². The lowest BCUT2D eigenvalue weighted by Gasteiger charge is -2.25.